The minimum atomic E-state index is -0.373. The summed E-state index contributed by atoms with van der Waals surface area (Å²) in [6, 6.07) is 13.4. The van der Waals surface area contributed by atoms with Crippen LogP contribution in [0.1, 0.15) is 17.0 Å². The van der Waals surface area contributed by atoms with E-state index in [1.807, 2.05) is 18.2 Å². The van der Waals surface area contributed by atoms with E-state index in [4.69, 9.17) is 15.2 Å². The Morgan fingerprint density at radius 2 is 1.79 bits per heavy atom. The molecule has 1 aliphatic heterocycles. The summed E-state index contributed by atoms with van der Waals surface area (Å²) in [5.74, 6) is 1.51. The topological polar surface area (TPSA) is 90.9 Å². The van der Waals surface area contributed by atoms with Gasteiger partial charge in [-0.05, 0) is 24.1 Å². The summed E-state index contributed by atoms with van der Waals surface area (Å²) in [6.07, 6.45) is 0. The summed E-state index contributed by atoms with van der Waals surface area (Å²) in [5.41, 5.74) is 7.92. The molecule has 1 saturated heterocycles. The van der Waals surface area contributed by atoms with Gasteiger partial charge in [0.1, 0.15) is 0 Å². The maximum atomic E-state index is 11.5. The molecule has 0 aromatic heterocycles. The molecular weight excluding hydrogens is 382 g/mol. The monoisotopic (exact) mass is 407 g/mol. The molecule has 1 fully saturated rings. The van der Waals surface area contributed by atoms with Crippen LogP contribution >= 0.6 is 12.4 Å². The molecule has 28 heavy (non-hydrogen) atoms. The molecule has 8 heteroatoms. The van der Waals surface area contributed by atoms with Gasteiger partial charge in [-0.2, -0.15) is 0 Å². The molecule has 0 bridgehead atoms. The van der Waals surface area contributed by atoms with Gasteiger partial charge in [-0.3, -0.25) is 15.0 Å². The molecule has 2 atom stereocenters. The summed E-state index contributed by atoms with van der Waals surface area (Å²) in [7, 11) is 3.00. The predicted octanol–water partition coefficient (Wildman–Crippen LogP) is 3.21. The van der Waals surface area contributed by atoms with Gasteiger partial charge in [0.2, 0.25) is 0 Å². The lowest BCUT2D eigenvalue weighted by molar-refractivity contribution is -0.385. The Morgan fingerprint density at radius 1 is 1.14 bits per heavy atom. The Labute approximate surface area is 171 Å². The number of likely N-dealkylation sites (tertiary alicyclic amines) is 1. The highest BCUT2D eigenvalue weighted by molar-refractivity contribution is 5.85. The Balaban J connectivity index is 0.00000280. The fourth-order valence-electron chi connectivity index (χ4n) is 3.85. The average Bonchev–Trinajstić information content (AvgIpc) is 3.11. The Kier molecular flexibility index (Phi) is 7.62. The second-order valence-corrected chi connectivity index (χ2v) is 6.80. The summed E-state index contributed by atoms with van der Waals surface area (Å²) >= 11 is 0. The van der Waals surface area contributed by atoms with E-state index in [-0.39, 0.29) is 23.0 Å². The van der Waals surface area contributed by atoms with Gasteiger partial charge in [-0.15, -0.1) is 12.4 Å². The molecule has 1 heterocycles. The fraction of sp³-hybridized carbons (Fsp3) is 0.400. The number of ether oxygens (including phenoxy) is 2. The van der Waals surface area contributed by atoms with Crippen LogP contribution in [-0.4, -0.2) is 43.7 Å². The molecule has 0 spiro atoms. The third-order valence-electron chi connectivity index (χ3n) is 5.22. The number of hydrogen-bond acceptors (Lipinski definition) is 6. The molecule has 0 radical (unpaired) electrons. The molecule has 3 rings (SSSR count). The van der Waals surface area contributed by atoms with Crippen LogP contribution in [0.25, 0.3) is 0 Å². The first-order chi connectivity index (χ1) is 13.1. The first-order valence-corrected chi connectivity index (χ1v) is 8.94. The zero-order chi connectivity index (χ0) is 19.4. The number of methoxy groups -OCH3 is 2. The number of rotatable bonds is 7. The van der Waals surface area contributed by atoms with Crippen LogP contribution in [0, 0.1) is 16.0 Å². The molecular formula is C20H26ClN3O4. The van der Waals surface area contributed by atoms with E-state index < -0.39 is 0 Å². The van der Waals surface area contributed by atoms with E-state index in [0.29, 0.717) is 42.0 Å². The largest absolute Gasteiger partial charge is 0.493 e. The van der Waals surface area contributed by atoms with E-state index in [1.165, 1.54) is 25.8 Å². The maximum Gasteiger partial charge on any atom is 0.277 e. The van der Waals surface area contributed by atoms with E-state index in [2.05, 4.69) is 17.0 Å². The first-order valence-electron chi connectivity index (χ1n) is 8.94. The summed E-state index contributed by atoms with van der Waals surface area (Å²) in [6.45, 7) is 2.68. The smallest absolute Gasteiger partial charge is 0.277 e. The van der Waals surface area contributed by atoms with Crippen molar-refractivity contribution in [3.63, 3.8) is 0 Å². The highest BCUT2D eigenvalue weighted by Gasteiger charge is 2.34. The van der Waals surface area contributed by atoms with Crippen molar-refractivity contribution in [3.8, 4) is 11.5 Å². The quantitative estimate of drug-likeness (QED) is 0.559. The number of nitro benzene ring substituents is 1. The van der Waals surface area contributed by atoms with Gasteiger partial charge >= 0.3 is 0 Å². The number of halogens is 1. The maximum absolute atomic E-state index is 11.5. The van der Waals surface area contributed by atoms with E-state index in [9.17, 15) is 10.1 Å². The standard InChI is InChI=1S/C20H25N3O4.ClH/c1-26-19-8-15(18(23(24)25)9-20(19)27-2)11-22-12-16(10-21)17(13-22)14-6-4-3-5-7-14;/h3-9,16-17H,10-13,21H2,1-2H3;1H/t16-,17+;/m1./s1. The van der Waals surface area contributed by atoms with Gasteiger partial charge in [-0.1, -0.05) is 30.3 Å². The normalized spacial score (nSPS) is 19.1. The zero-order valence-corrected chi connectivity index (χ0v) is 16.9. The number of nitro groups is 1. The molecule has 7 nitrogen and oxygen atoms in total. The molecule has 0 aliphatic carbocycles. The van der Waals surface area contributed by atoms with Crippen molar-refractivity contribution in [2.75, 3.05) is 33.9 Å². The average molecular weight is 408 g/mol. The highest BCUT2D eigenvalue weighted by atomic mass is 35.5. The second-order valence-electron chi connectivity index (χ2n) is 6.80. The number of hydrogen-bond donors (Lipinski definition) is 1. The SMILES string of the molecule is COc1cc(CN2C[C@@H](CN)[C@H](c3ccccc3)C2)c([N+](=O)[O-])cc1OC.Cl. The van der Waals surface area contributed by atoms with Gasteiger partial charge in [0.25, 0.3) is 5.69 Å². The van der Waals surface area contributed by atoms with Crippen molar-refractivity contribution in [2.45, 2.75) is 12.5 Å². The number of nitrogens with zero attached hydrogens (tertiary/aromatic N) is 2. The fourth-order valence-corrected chi connectivity index (χ4v) is 3.85. The minimum Gasteiger partial charge on any atom is -0.493 e. The summed E-state index contributed by atoms with van der Waals surface area (Å²) in [5, 5.41) is 11.5. The molecule has 2 N–H and O–H groups in total. The van der Waals surface area contributed by atoms with Gasteiger partial charge in [0, 0.05) is 31.1 Å². The molecule has 152 valence electrons. The predicted molar refractivity (Wildman–Crippen MR) is 110 cm³/mol. The van der Waals surface area contributed by atoms with Crippen LogP contribution in [0.2, 0.25) is 0 Å². The third-order valence-corrected chi connectivity index (χ3v) is 5.22. The Bertz CT molecular complexity index is 804. The molecule has 2 aromatic carbocycles. The molecule has 1 aliphatic rings. The Morgan fingerprint density at radius 3 is 2.36 bits per heavy atom. The lowest BCUT2D eigenvalue weighted by Crippen LogP contribution is -2.23. The summed E-state index contributed by atoms with van der Waals surface area (Å²) in [4.78, 5) is 13.4. The van der Waals surface area contributed by atoms with Crippen molar-refractivity contribution >= 4 is 18.1 Å². The van der Waals surface area contributed by atoms with Crippen LogP contribution in [0.3, 0.4) is 0 Å². The van der Waals surface area contributed by atoms with E-state index >= 15 is 0 Å². The minimum absolute atomic E-state index is 0. The van der Waals surface area contributed by atoms with Crippen molar-refractivity contribution in [2.24, 2.45) is 11.7 Å². The van der Waals surface area contributed by atoms with E-state index in [1.54, 1.807) is 6.07 Å². The van der Waals surface area contributed by atoms with Crippen molar-refractivity contribution in [1.29, 1.82) is 0 Å². The van der Waals surface area contributed by atoms with Crippen molar-refractivity contribution < 1.29 is 14.4 Å². The first kappa shape index (κ1) is 21.9. The lowest BCUT2D eigenvalue weighted by atomic mass is 9.89. The van der Waals surface area contributed by atoms with Crippen LogP contribution in [-0.2, 0) is 6.54 Å². The van der Waals surface area contributed by atoms with Gasteiger partial charge < -0.3 is 15.2 Å². The molecule has 0 unspecified atom stereocenters. The molecule has 0 amide bonds. The van der Waals surface area contributed by atoms with Crippen LogP contribution < -0.4 is 15.2 Å². The van der Waals surface area contributed by atoms with Crippen molar-refractivity contribution in [1.82, 2.24) is 4.90 Å². The zero-order valence-electron chi connectivity index (χ0n) is 16.0. The van der Waals surface area contributed by atoms with Gasteiger partial charge in [0.15, 0.2) is 11.5 Å². The Hall–Kier alpha value is -2.35. The molecule has 2 aromatic rings. The highest BCUT2D eigenvalue weighted by Crippen LogP contribution is 2.37. The van der Waals surface area contributed by atoms with Gasteiger partial charge in [0.05, 0.1) is 25.2 Å². The number of nitrogens with two attached hydrogens (primary N) is 1. The summed E-state index contributed by atoms with van der Waals surface area (Å²) < 4.78 is 10.5. The van der Waals surface area contributed by atoms with Crippen LogP contribution in [0.4, 0.5) is 5.69 Å². The second kappa shape index (κ2) is 9.73. The number of benzene rings is 2. The third kappa shape index (κ3) is 4.55. The molecule has 0 saturated carbocycles. The van der Waals surface area contributed by atoms with Crippen LogP contribution in [0.15, 0.2) is 42.5 Å². The van der Waals surface area contributed by atoms with Crippen molar-refractivity contribution in [3.05, 3.63) is 63.7 Å². The lowest BCUT2D eigenvalue weighted by Gasteiger charge is -2.17. The van der Waals surface area contributed by atoms with Crippen LogP contribution in [0.5, 0.6) is 11.5 Å². The van der Waals surface area contributed by atoms with Gasteiger partial charge in [-0.25, -0.2) is 0 Å². The van der Waals surface area contributed by atoms with E-state index in [0.717, 1.165) is 13.1 Å².